The molecule has 0 unspecified atom stereocenters. The summed E-state index contributed by atoms with van der Waals surface area (Å²) >= 11 is 5.13. The smallest absolute Gasteiger partial charge is 0.323 e. The molecule has 1 spiro atoms. The van der Waals surface area contributed by atoms with Gasteiger partial charge in [0.1, 0.15) is 5.54 Å². The number of imide groups is 1. The summed E-state index contributed by atoms with van der Waals surface area (Å²) in [6.07, 6.45) is 7.11. The van der Waals surface area contributed by atoms with Crippen LogP contribution >= 0.6 is 27.3 Å². The van der Waals surface area contributed by atoms with Gasteiger partial charge in [0.15, 0.2) is 0 Å². The molecular weight excluding hydrogens is 390 g/mol. The van der Waals surface area contributed by atoms with Crippen molar-refractivity contribution < 1.29 is 9.59 Å². The van der Waals surface area contributed by atoms with Crippen molar-refractivity contribution in [1.82, 2.24) is 15.1 Å². The molecule has 0 bridgehead atoms. The first-order chi connectivity index (χ1) is 11.5. The van der Waals surface area contributed by atoms with Crippen molar-refractivity contribution >= 4 is 39.2 Å². The monoisotopic (exact) mass is 413 g/mol. The number of thiophene rings is 1. The molecule has 7 heteroatoms. The Labute approximate surface area is 155 Å². The molecule has 2 fully saturated rings. The fourth-order valence-corrected chi connectivity index (χ4v) is 5.18. The second kappa shape index (κ2) is 7.54. The Morgan fingerprint density at radius 1 is 1.25 bits per heavy atom. The van der Waals surface area contributed by atoms with Crippen molar-refractivity contribution in [1.29, 1.82) is 0 Å². The van der Waals surface area contributed by atoms with Crippen molar-refractivity contribution in [3.8, 4) is 0 Å². The topological polar surface area (TPSA) is 52.6 Å². The first-order valence-electron chi connectivity index (χ1n) is 8.56. The number of nitrogens with zero attached hydrogens (tertiary/aromatic N) is 2. The van der Waals surface area contributed by atoms with Gasteiger partial charge < -0.3 is 5.32 Å². The number of hydrogen-bond acceptors (Lipinski definition) is 4. The van der Waals surface area contributed by atoms with E-state index in [0.717, 1.165) is 49.5 Å². The Morgan fingerprint density at radius 2 is 1.92 bits per heavy atom. The highest BCUT2D eigenvalue weighted by Crippen LogP contribution is 2.32. The summed E-state index contributed by atoms with van der Waals surface area (Å²) in [5.41, 5.74) is -0.649. The highest BCUT2D eigenvalue weighted by molar-refractivity contribution is 9.10. The molecule has 3 amide bonds. The minimum absolute atomic E-state index is 0.0337. The Morgan fingerprint density at radius 3 is 2.54 bits per heavy atom. The highest BCUT2D eigenvalue weighted by atomic mass is 79.9. The molecule has 1 aliphatic heterocycles. The standard InChI is InChI=1S/C17H24BrN3O2S/c1-20(10-14-9-13(18)11-24-14)12-21-15(22)17(19-16(21)23)7-5-3-2-4-6-8-17/h9,11H,2-8,10,12H2,1H3,(H,19,23). The van der Waals surface area contributed by atoms with Crippen LogP contribution < -0.4 is 5.32 Å². The predicted octanol–water partition coefficient (Wildman–Crippen LogP) is 3.93. The lowest BCUT2D eigenvalue weighted by molar-refractivity contribution is -0.133. The van der Waals surface area contributed by atoms with Gasteiger partial charge in [-0.2, -0.15) is 0 Å². The van der Waals surface area contributed by atoms with Crippen LogP contribution in [0.25, 0.3) is 0 Å². The van der Waals surface area contributed by atoms with Crippen LogP contribution in [0.4, 0.5) is 4.79 Å². The minimum atomic E-state index is -0.649. The molecule has 2 aliphatic rings. The lowest BCUT2D eigenvalue weighted by Gasteiger charge is -2.29. The number of rotatable bonds is 4. The van der Waals surface area contributed by atoms with Crippen molar-refractivity contribution in [2.75, 3.05) is 13.7 Å². The molecule has 1 N–H and O–H groups in total. The molecule has 1 aromatic heterocycles. The molecule has 2 heterocycles. The van der Waals surface area contributed by atoms with Crippen LogP contribution in [0.2, 0.25) is 0 Å². The number of urea groups is 1. The third-order valence-electron chi connectivity index (χ3n) is 4.88. The average Bonchev–Trinajstić information content (AvgIpc) is 3.00. The lowest BCUT2D eigenvalue weighted by atomic mass is 9.84. The van der Waals surface area contributed by atoms with Crippen LogP contribution in [0.1, 0.15) is 49.8 Å². The third kappa shape index (κ3) is 3.83. The van der Waals surface area contributed by atoms with E-state index < -0.39 is 5.54 Å². The average molecular weight is 414 g/mol. The molecule has 0 radical (unpaired) electrons. The van der Waals surface area contributed by atoms with E-state index in [0.29, 0.717) is 6.67 Å². The minimum Gasteiger partial charge on any atom is -0.323 e. The van der Waals surface area contributed by atoms with Crippen molar-refractivity contribution in [2.45, 2.75) is 57.0 Å². The van der Waals surface area contributed by atoms with E-state index in [2.05, 4.69) is 27.3 Å². The Bertz CT molecular complexity index is 611. The number of carbonyl (C=O) groups is 2. The van der Waals surface area contributed by atoms with Gasteiger partial charge in [-0.1, -0.05) is 32.1 Å². The van der Waals surface area contributed by atoms with Gasteiger partial charge in [-0.25, -0.2) is 9.69 Å². The van der Waals surface area contributed by atoms with Gasteiger partial charge in [-0.3, -0.25) is 9.69 Å². The first-order valence-corrected chi connectivity index (χ1v) is 10.2. The zero-order valence-electron chi connectivity index (χ0n) is 14.0. The molecule has 24 heavy (non-hydrogen) atoms. The molecule has 132 valence electrons. The number of nitrogens with one attached hydrogen (secondary N) is 1. The maximum absolute atomic E-state index is 13.0. The molecule has 1 aliphatic carbocycles. The molecular formula is C17H24BrN3O2S. The molecule has 5 nitrogen and oxygen atoms in total. The van der Waals surface area contributed by atoms with E-state index in [4.69, 9.17) is 0 Å². The van der Waals surface area contributed by atoms with Gasteiger partial charge in [-0.05, 0) is 41.9 Å². The Balaban J connectivity index is 1.65. The van der Waals surface area contributed by atoms with Crippen LogP contribution in [0, 0.1) is 0 Å². The van der Waals surface area contributed by atoms with Gasteiger partial charge in [0.05, 0.1) is 6.67 Å². The van der Waals surface area contributed by atoms with Crippen LogP contribution in [0.15, 0.2) is 15.9 Å². The Hall–Kier alpha value is -0.920. The highest BCUT2D eigenvalue weighted by Gasteiger charge is 2.50. The van der Waals surface area contributed by atoms with Gasteiger partial charge in [0.2, 0.25) is 0 Å². The van der Waals surface area contributed by atoms with E-state index in [1.54, 1.807) is 11.3 Å². The zero-order valence-corrected chi connectivity index (χ0v) is 16.4. The largest absolute Gasteiger partial charge is 0.326 e. The second-order valence-corrected chi connectivity index (χ2v) is 8.81. The van der Waals surface area contributed by atoms with Crippen LogP contribution in [-0.4, -0.2) is 41.0 Å². The van der Waals surface area contributed by atoms with E-state index in [9.17, 15) is 9.59 Å². The van der Waals surface area contributed by atoms with Gasteiger partial charge in [0.25, 0.3) is 5.91 Å². The quantitative estimate of drug-likeness (QED) is 0.760. The Kier molecular flexibility index (Phi) is 5.62. The molecule has 3 rings (SSSR count). The first kappa shape index (κ1) is 17.9. The zero-order chi connectivity index (χ0) is 17.2. The fraction of sp³-hybridized carbons (Fsp3) is 0.647. The molecule has 0 atom stereocenters. The molecule has 1 saturated carbocycles. The maximum Gasteiger partial charge on any atom is 0.326 e. The fourth-order valence-electron chi connectivity index (χ4n) is 3.65. The van der Waals surface area contributed by atoms with Gasteiger partial charge in [0, 0.05) is 21.3 Å². The van der Waals surface area contributed by atoms with E-state index >= 15 is 0 Å². The van der Waals surface area contributed by atoms with Crippen LogP contribution in [-0.2, 0) is 11.3 Å². The predicted molar refractivity (Wildman–Crippen MR) is 98.8 cm³/mol. The molecule has 1 aromatic rings. The molecule has 0 aromatic carbocycles. The summed E-state index contributed by atoms with van der Waals surface area (Å²) in [7, 11) is 1.94. The van der Waals surface area contributed by atoms with Crippen molar-refractivity contribution in [2.24, 2.45) is 0 Å². The number of halogens is 1. The maximum atomic E-state index is 13.0. The van der Waals surface area contributed by atoms with E-state index in [1.807, 2.05) is 17.3 Å². The summed E-state index contributed by atoms with van der Waals surface area (Å²) in [5, 5.41) is 5.06. The van der Waals surface area contributed by atoms with Crippen molar-refractivity contribution in [3.05, 3.63) is 20.8 Å². The number of amides is 3. The SMILES string of the molecule is CN(Cc1cc(Br)cs1)CN1C(=O)NC2(CCCCCCC2)C1=O. The second-order valence-electron chi connectivity index (χ2n) is 6.90. The van der Waals surface area contributed by atoms with Crippen LogP contribution in [0.5, 0.6) is 0 Å². The van der Waals surface area contributed by atoms with Crippen molar-refractivity contribution in [3.63, 3.8) is 0 Å². The summed E-state index contributed by atoms with van der Waals surface area (Å²) in [6.45, 7) is 1.06. The third-order valence-corrected chi connectivity index (χ3v) is 6.57. The summed E-state index contributed by atoms with van der Waals surface area (Å²) in [6, 6.07) is 1.84. The molecule has 1 saturated heterocycles. The summed E-state index contributed by atoms with van der Waals surface area (Å²) < 4.78 is 1.07. The van der Waals surface area contributed by atoms with Gasteiger partial charge in [-0.15, -0.1) is 11.3 Å². The lowest BCUT2D eigenvalue weighted by Crippen LogP contribution is -2.48. The van der Waals surface area contributed by atoms with Gasteiger partial charge >= 0.3 is 6.03 Å². The number of hydrogen-bond donors (Lipinski definition) is 1. The number of carbonyl (C=O) groups excluding carboxylic acids is 2. The van der Waals surface area contributed by atoms with Crippen LogP contribution in [0.3, 0.4) is 0 Å². The van der Waals surface area contributed by atoms with E-state index in [-0.39, 0.29) is 11.9 Å². The summed E-state index contributed by atoms with van der Waals surface area (Å²) in [4.78, 5) is 30.0. The van der Waals surface area contributed by atoms with E-state index in [1.165, 1.54) is 16.2 Å². The normalized spacial score (nSPS) is 21.2. The summed E-state index contributed by atoms with van der Waals surface area (Å²) in [5.74, 6) is -0.0337.